The van der Waals surface area contributed by atoms with Crippen LogP contribution in [-0.4, -0.2) is 7.11 Å². The molecule has 2 nitrogen and oxygen atoms in total. The van der Waals surface area contributed by atoms with E-state index < -0.39 is 0 Å². The van der Waals surface area contributed by atoms with E-state index in [2.05, 4.69) is 41.2 Å². The summed E-state index contributed by atoms with van der Waals surface area (Å²) in [5, 5.41) is 4.33. The second-order valence-corrected chi connectivity index (χ2v) is 6.38. The lowest BCUT2D eigenvalue weighted by Gasteiger charge is -2.22. The average Bonchev–Trinajstić information content (AvgIpc) is 2.47. The quantitative estimate of drug-likeness (QED) is 0.750. The Hall–Kier alpha value is -1.03. The van der Waals surface area contributed by atoms with Crippen LogP contribution in [0, 0.1) is 0 Å². The predicted molar refractivity (Wildman–Crippen MR) is 92.1 cm³/mol. The first-order chi connectivity index (χ1) is 10.0. The fraction of sp³-hybridized carbons (Fsp3) is 0.294. The standard InChI is InChI=1S/C17H19BrClNO/c1-11(13-5-4-6-15(9-13)21-3)20-12(2)16-8-7-14(18)10-17(16)19/h4-12,20H,1-3H3/t11-,12?/m0/s1. The van der Waals surface area contributed by atoms with Crippen LogP contribution in [0.15, 0.2) is 46.9 Å². The van der Waals surface area contributed by atoms with Crippen molar-refractivity contribution >= 4 is 27.5 Å². The zero-order chi connectivity index (χ0) is 15.4. The summed E-state index contributed by atoms with van der Waals surface area (Å²) >= 11 is 9.74. The molecule has 1 unspecified atom stereocenters. The number of hydrogen-bond acceptors (Lipinski definition) is 2. The molecule has 0 fully saturated rings. The van der Waals surface area contributed by atoms with Crippen molar-refractivity contribution in [3.63, 3.8) is 0 Å². The topological polar surface area (TPSA) is 21.3 Å². The fourth-order valence-electron chi connectivity index (χ4n) is 2.32. The molecule has 4 heteroatoms. The number of halogens is 2. The second kappa shape index (κ2) is 7.30. The van der Waals surface area contributed by atoms with Crippen molar-refractivity contribution in [2.75, 3.05) is 7.11 Å². The van der Waals surface area contributed by atoms with E-state index in [0.717, 1.165) is 20.8 Å². The number of rotatable bonds is 5. The highest BCUT2D eigenvalue weighted by atomic mass is 79.9. The molecule has 0 aromatic heterocycles. The van der Waals surface area contributed by atoms with Crippen LogP contribution in [0.2, 0.25) is 5.02 Å². The zero-order valence-electron chi connectivity index (χ0n) is 12.4. The summed E-state index contributed by atoms with van der Waals surface area (Å²) in [6.45, 7) is 4.25. The van der Waals surface area contributed by atoms with Gasteiger partial charge in [-0.3, -0.25) is 0 Å². The monoisotopic (exact) mass is 367 g/mol. The molecule has 2 aromatic carbocycles. The van der Waals surface area contributed by atoms with Crippen LogP contribution in [0.5, 0.6) is 5.75 Å². The maximum Gasteiger partial charge on any atom is 0.119 e. The highest BCUT2D eigenvalue weighted by Gasteiger charge is 2.14. The molecule has 0 saturated carbocycles. The van der Waals surface area contributed by atoms with E-state index in [1.54, 1.807) is 7.11 Å². The molecule has 21 heavy (non-hydrogen) atoms. The van der Waals surface area contributed by atoms with E-state index in [4.69, 9.17) is 16.3 Å². The minimum Gasteiger partial charge on any atom is -0.497 e. The molecule has 0 aliphatic carbocycles. The molecule has 2 rings (SSSR count). The van der Waals surface area contributed by atoms with Crippen molar-refractivity contribution in [3.8, 4) is 5.75 Å². The zero-order valence-corrected chi connectivity index (χ0v) is 14.7. The van der Waals surface area contributed by atoms with Crippen molar-refractivity contribution in [1.82, 2.24) is 5.32 Å². The van der Waals surface area contributed by atoms with Crippen molar-refractivity contribution < 1.29 is 4.74 Å². The lowest BCUT2D eigenvalue weighted by Crippen LogP contribution is -2.22. The molecule has 0 heterocycles. The summed E-state index contributed by atoms with van der Waals surface area (Å²) in [7, 11) is 1.68. The Labute approximate surface area is 139 Å². The van der Waals surface area contributed by atoms with E-state index in [9.17, 15) is 0 Å². The first-order valence-electron chi connectivity index (χ1n) is 6.86. The van der Waals surface area contributed by atoms with Gasteiger partial charge in [0, 0.05) is 21.6 Å². The molecule has 112 valence electrons. The van der Waals surface area contributed by atoms with Crippen molar-refractivity contribution in [3.05, 3.63) is 63.1 Å². The van der Waals surface area contributed by atoms with E-state index in [-0.39, 0.29) is 12.1 Å². The molecule has 0 radical (unpaired) electrons. The molecule has 0 spiro atoms. The molecule has 0 aliphatic rings. The van der Waals surface area contributed by atoms with Crippen molar-refractivity contribution in [2.45, 2.75) is 25.9 Å². The van der Waals surface area contributed by atoms with E-state index in [1.807, 2.05) is 36.4 Å². The Morgan fingerprint density at radius 3 is 2.52 bits per heavy atom. The third-order valence-electron chi connectivity index (χ3n) is 3.52. The van der Waals surface area contributed by atoms with Gasteiger partial charge in [-0.15, -0.1) is 0 Å². The first-order valence-corrected chi connectivity index (χ1v) is 8.03. The third-order valence-corrected chi connectivity index (χ3v) is 4.34. The molecule has 0 aliphatic heterocycles. The summed E-state index contributed by atoms with van der Waals surface area (Å²) in [6, 6.07) is 14.4. The minimum absolute atomic E-state index is 0.159. The SMILES string of the molecule is COc1cccc([C@H](C)NC(C)c2ccc(Br)cc2Cl)c1. The third kappa shape index (κ3) is 4.22. The lowest BCUT2D eigenvalue weighted by atomic mass is 10.0. The molecule has 2 aromatic rings. The van der Waals surface area contributed by atoms with Crippen LogP contribution in [0.3, 0.4) is 0 Å². The van der Waals surface area contributed by atoms with Gasteiger partial charge >= 0.3 is 0 Å². The maximum absolute atomic E-state index is 6.31. The van der Waals surface area contributed by atoms with Crippen LogP contribution in [0.4, 0.5) is 0 Å². The van der Waals surface area contributed by atoms with Gasteiger partial charge in [0.2, 0.25) is 0 Å². The molecule has 0 saturated heterocycles. The first kappa shape index (κ1) is 16.3. The van der Waals surface area contributed by atoms with Gasteiger partial charge in [-0.2, -0.15) is 0 Å². The Morgan fingerprint density at radius 1 is 1.10 bits per heavy atom. The van der Waals surface area contributed by atoms with Crippen LogP contribution < -0.4 is 10.1 Å². The predicted octanol–water partition coefficient (Wildman–Crippen LogP) is 5.52. The lowest BCUT2D eigenvalue weighted by molar-refractivity contribution is 0.412. The summed E-state index contributed by atoms with van der Waals surface area (Å²) in [5.41, 5.74) is 2.28. The number of nitrogens with one attached hydrogen (secondary N) is 1. The van der Waals surface area contributed by atoms with E-state index >= 15 is 0 Å². The van der Waals surface area contributed by atoms with Gasteiger partial charge in [-0.05, 0) is 49.2 Å². The van der Waals surface area contributed by atoms with Gasteiger partial charge in [-0.1, -0.05) is 45.7 Å². The van der Waals surface area contributed by atoms with Crippen LogP contribution in [0.25, 0.3) is 0 Å². The Morgan fingerprint density at radius 2 is 1.86 bits per heavy atom. The molecular formula is C17H19BrClNO. The number of benzene rings is 2. The van der Waals surface area contributed by atoms with Crippen LogP contribution in [0.1, 0.15) is 37.1 Å². The van der Waals surface area contributed by atoms with Gasteiger partial charge < -0.3 is 10.1 Å². The van der Waals surface area contributed by atoms with Crippen LogP contribution >= 0.6 is 27.5 Å². The maximum atomic E-state index is 6.31. The van der Waals surface area contributed by atoms with Gasteiger partial charge in [0.05, 0.1) is 7.11 Å². The second-order valence-electron chi connectivity index (χ2n) is 5.05. The highest BCUT2D eigenvalue weighted by Crippen LogP contribution is 2.28. The normalized spacial score (nSPS) is 13.8. The van der Waals surface area contributed by atoms with Gasteiger partial charge in [0.25, 0.3) is 0 Å². The van der Waals surface area contributed by atoms with Crippen molar-refractivity contribution in [1.29, 1.82) is 0 Å². The average molecular weight is 369 g/mol. The van der Waals surface area contributed by atoms with Gasteiger partial charge in [0.15, 0.2) is 0 Å². The molecule has 0 bridgehead atoms. The summed E-state index contributed by atoms with van der Waals surface area (Å²) < 4.78 is 6.26. The molecule has 2 atom stereocenters. The summed E-state index contributed by atoms with van der Waals surface area (Å²) in [5.74, 6) is 0.871. The summed E-state index contributed by atoms with van der Waals surface area (Å²) in [6.07, 6.45) is 0. The van der Waals surface area contributed by atoms with Crippen molar-refractivity contribution in [2.24, 2.45) is 0 Å². The Balaban J connectivity index is 2.12. The highest BCUT2D eigenvalue weighted by molar-refractivity contribution is 9.10. The Kier molecular flexibility index (Phi) is 5.68. The smallest absolute Gasteiger partial charge is 0.119 e. The largest absolute Gasteiger partial charge is 0.497 e. The number of hydrogen-bond donors (Lipinski definition) is 1. The molecule has 1 N–H and O–H groups in total. The molecule has 0 amide bonds. The van der Waals surface area contributed by atoms with E-state index in [1.165, 1.54) is 5.56 Å². The van der Waals surface area contributed by atoms with Gasteiger partial charge in [0.1, 0.15) is 5.75 Å². The van der Waals surface area contributed by atoms with Gasteiger partial charge in [-0.25, -0.2) is 0 Å². The van der Waals surface area contributed by atoms with E-state index in [0.29, 0.717) is 0 Å². The molecular weight excluding hydrogens is 350 g/mol. The van der Waals surface area contributed by atoms with Crippen LogP contribution in [-0.2, 0) is 0 Å². The fourth-order valence-corrected chi connectivity index (χ4v) is 3.16. The summed E-state index contributed by atoms with van der Waals surface area (Å²) in [4.78, 5) is 0. The minimum atomic E-state index is 0.159. The Bertz CT molecular complexity index is 617. The number of ether oxygens (including phenoxy) is 1. The number of methoxy groups -OCH3 is 1.